The average Bonchev–Trinajstić information content (AvgIpc) is 3.55. The summed E-state index contributed by atoms with van der Waals surface area (Å²) >= 11 is 0. The van der Waals surface area contributed by atoms with Gasteiger partial charge in [-0.25, -0.2) is 4.39 Å². The Balaban J connectivity index is 1.40. The van der Waals surface area contributed by atoms with E-state index in [1.807, 2.05) is 4.90 Å². The van der Waals surface area contributed by atoms with Crippen molar-refractivity contribution in [3.05, 3.63) is 66.3 Å². The number of hydrogen-bond acceptors (Lipinski definition) is 6. The van der Waals surface area contributed by atoms with E-state index in [9.17, 15) is 9.18 Å². The van der Waals surface area contributed by atoms with Gasteiger partial charge < -0.3 is 13.7 Å². The molecule has 9 heteroatoms. The number of furan rings is 1. The van der Waals surface area contributed by atoms with Crippen molar-refractivity contribution in [3.8, 4) is 22.8 Å². The van der Waals surface area contributed by atoms with Crippen LogP contribution in [-0.4, -0.2) is 43.4 Å². The van der Waals surface area contributed by atoms with Crippen molar-refractivity contribution in [1.29, 1.82) is 0 Å². The molecule has 3 aromatic heterocycles. The van der Waals surface area contributed by atoms with Crippen molar-refractivity contribution >= 4 is 5.91 Å². The standard InChI is InChI=1S/C23H22FN5O3/c1-28-14-18(15-7-9-16(24)10-8-15)21(27-28)23(30)29-11-3-2-5-17(29)13-20-25-26-22(32-20)19-6-4-12-31-19/h4,6-10,12,14,17H,2-3,5,11,13H2,1H3. The molecule has 4 heterocycles. The minimum atomic E-state index is -0.324. The van der Waals surface area contributed by atoms with Gasteiger partial charge in [-0.1, -0.05) is 12.1 Å². The zero-order valence-corrected chi connectivity index (χ0v) is 17.6. The number of nitrogens with zero attached hydrogens (tertiary/aromatic N) is 5. The Hall–Kier alpha value is -3.75. The summed E-state index contributed by atoms with van der Waals surface area (Å²) in [7, 11) is 1.77. The summed E-state index contributed by atoms with van der Waals surface area (Å²) in [6, 6.07) is 9.51. The van der Waals surface area contributed by atoms with E-state index in [-0.39, 0.29) is 17.8 Å². The van der Waals surface area contributed by atoms with Gasteiger partial charge in [0.05, 0.1) is 6.26 Å². The molecule has 5 rings (SSSR count). The lowest BCUT2D eigenvalue weighted by molar-refractivity contribution is 0.0599. The summed E-state index contributed by atoms with van der Waals surface area (Å²) in [5.41, 5.74) is 1.78. The Labute approximate surface area is 183 Å². The molecule has 1 atom stereocenters. The van der Waals surface area contributed by atoms with Gasteiger partial charge in [0.25, 0.3) is 11.8 Å². The molecule has 8 nitrogen and oxygen atoms in total. The molecule has 0 spiro atoms. The maximum atomic E-state index is 13.6. The molecule has 0 saturated carbocycles. The van der Waals surface area contributed by atoms with Crippen LogP contribution in [0.25, 0.3) is 22.8 Å². The van der Waals surface area contributed by atoms with Gasteiger partial charge in [0.1, 0.15) is 5.82 Å². The van der Waals surface area contributed by atoms with E-state index >= 15 is 0 Å². The molecule has 0 radical (unpaired) electrons. The fraction of sp³-hybridized carbons (Fsp3) is 0.304. The molecular weight excluding hydrogens is 413 g/mol. The van der Waals surface area contributed by atoms with Crippen LogP contribution >= 0.6 is 0 Å². The van der Waals surface area contributed by atoms with Gasteiger partial charge in [0, 0.05) is 37.8 Å². The number of carbonyl (C=O) groups excluding carboxylic acids is 1. The monoisotopic (exact) mass is 435 g/mol. The van der Waals surface area contributed by atoms with Crippen LogP contribution in [0.15, 0.2) is 57.7 Å². The van der Waals surface area contributed by atoms with E-state index in [4.69, 9.17) is 8.83 Å². The first kappa shape index (κ1) is 20.2. The van der Waals surface area contributed by atoms with E-state index in [2.05, 4.69) is 15.3 Å². The van der Waals surface area contributed by atoms with Crippen LogP contribution in [0.3, 0.4) is 0 Å². The second kappa shape index (κ2) is 8.41. The molecule has 1 aliphatic rings. The number of hydrogen-bond donors (Lipinski definition) is 0. The largest absolute Gasteiger partial charge is 0.459 e. The number of amides is 1. The molecule has 32 heavy (non-hydrogen) atoms. The number of likely N-dealkylation sites (tertiary alicyclic amines) is 1. The SMILES string of the molecule is Cn1cc(-c2ccc(F)cc2)c(C(=O)N2CCCCC2Cc2nnc(-c3ccco3)o2)n1. The molecule has 4 aromatic rings. The quantitative estimate of drug-likeness (QED) is 0.469. The van der Waals surface area contributed by atoms with E-state index in [0.717, 1.165) is 24.8 Å². The van der Waals surface area contributed by atoms with Crippen molar-refractivity contribution in [2.75, 3.05) is 6.54 Å². The predicted octanol–water partition coefficient (Wildman–Crippen LogP) is 4.11. The summed E-state index contributed by atoms with van der Waals surface area (Å²) < 4.78 is 26.1. The first-order valence-corrected chi connectivity index (χ1v) is 10.6. The van der Waals surface area contributed by atoms with E-state index in [1.165, 1.54) is 12.1 Å². The topological polar surface area (TPSA) is 90.2 Å². The minimum absolute atomic E-state index is 0.0794. The smallest absolute Gasteiger partial charge is 0.283 e. The number of halogens is 1. The fourth-order valence-electron chi connectivity index (χ4n) is 4.14. The van der Waals surface area contributed by atoms with Gasteiger partial charge in [-0.05, 0) is 49.1 Å². The molecule has 164 valence electrons. The first-order chi connectivity index (χ1) is 15.6. The van der Waals surface area contributed by atoms with Crippen molar-refractivity contribution in [2.45, 2.75) is 31.7 Å². The van der Waals surface area contributed by atoms with Crippen LogP contribution < -0.4 is 0 Å². The van der Waals surface area contributed by atoms with Crippen LogP contribution in [0.2, 0.25) is 0 Å². The number of aromatic nitrogens is 4. The van der Waals surface area contributed by atoms with Gasteiger partial charge in [-0.3, -0.25) is 9.48 Å². The molecule has 0 bridgehead atoms. The first-order valence-electron chi connectivity index (χ1n) is 10.6. The highest BCUT2D eigenvalue weighted by Crippen LogP contribution is 2.28. The highest BCUT2D eigenvalue weighted by Gasteiger charge is 2.32. The lowest BCUT2D eigenvalue weighted by atomic mass is 9.97. The summed E-state index contributed by atoms with van der Waals surface area (Å²) in [6.07, 6.45) is 6.56. The molecular formula is C23H22FN5O3. The third-order valence-electron chi connectivity index (χ3n) is 5.68. The summed E-state index contributed by atoms with van der Waals surface area (Å²) in [6.45, 7) is 0.627. The molecule has 0 aliphatic carbocycles. The molecule has 0 N–H and O–H groups in total. The lowest BCUT2D eigenvalue weighted by Crippen LogP contribution is -2.45. The van der Waals surface area contributed by atoms with Gasteiger partial charge in [0.2, 0.25) is 5.89 Å². The predicted molar refractivity (Wildman–Crippen MR) is 113 cm³/mol. The molecule has 1 saturated heterocycles. The van der Waals surface area contributed by atoms with Crippen LogP contribution in [0.5, 0.6) is 0 Å². The van der Waals surface area contributed by atoms with Crippen LogP contribution in [0.1, 0.15) is 35.6 Å². The zero-order chi connectivity index (χ0) is 22.1. The van der Waals surface area contributed by atoms with Crippen molar-refractivity contribution < 1.29 is 18.0 Å². The molecule has 1 amide bonds. The number of carbonyl (C=O) groups is 1. The van der Waals surface area contributed by atoms with E-state index in [1.54, 1.807) is 48.5 Å². The number of benzene rings is 1. The zero-order valence-electron chi connectivity index (χ0n) is 17.6. The maximum Gasteiger partial charge on any atom is 0.283 e. The van der Waals surface area contributed by atoms with E-state index in [0.29, 0.717) is 41.8 Å². The van der Waals surface area contributed by atoms with Crippen LogP contribution in [0, 0.1) is 5.82 Å². The second-order valence-corrected chi connectivity index (χ2v) is 7.90. The van der Waals surface area contributed by atoms with Crippen molar-refractivity contribution in [2.24, 2.45) is 7.05 Å². The average molecular weight is 435 g/mol. The van der Waals surface area contributed by atoms with Gasteiger partial charge in [0.15, 0.2) is 11.5 Å². The summed E-state index contributed by atoms with van der Waals surface area (Å²) in [5.74, 6) is 0.816. The Bertz CT molecular complexity index is 1210. The molecule has 1 unspecified atom stereocenters. The van der Waals surface area contributed by atoms with Crippen molar-refractivity contribution in [1.82, 2.24) is 24.9 Å². The third kappa shape index (κ3) is 3.93. The molecule has 1 aliphatic heterocycles. The fourth-order valence-corrected chi connectivity index (χ4v) is 4.14. The Morgan fingerprint density at radius 2 is 2.03 bits per heavy atom. The van der Waals surface area contributed by atoms with Crippen molar-refractivity contribution in [3.63, 3.8) is 0 Å². The van der Waals surface area contributed by atoms with Gasteiger partial charge >= 0.3 is 0 Å². The Morgan fingerprint density at radius 3 is 2.81 bits per heavy atom. The maximum absolute atomic E-state index is 13.6. The van der Waals surface area contributed by atoms with Gasteiger partial charge in [-0.15, -0.1) is 10.2 Å². The third-order valence-corrected chi connectivity index (χ3v) is 5.68. The van der Waals surface area contributed by atoms with Crippen LogP contribution in [-0.2, 0) is 13.5 Å². The highest BCUT2D eigenvalue weighted by molar-refractivity contribution is 5.99. The molecule has 1 fully saturated rings. The number of aryl methyl sites for hydroxylation is 1. The van der Waals surface area contributed by atoms with Gasteiger partial charge in [-0.2, -0.15) is 5.10 Å². The molecule has 1 aromatic carbocycles. The van der Waals surface area contributed by atoms with Crippen LogP contribution in [0.4, 0.5) is 4.39 Å². The Morgan fingerprint density at radius 1 is 1.19 bits per heavy atom. The lowest BCUT2D eigenvalue weighted by Gasteiger charge is -2.34. The Kier molecular flexibility index (Phi) is 5.30. The normalized spacial score (nSPS) is 16.4. The van der Waals surface area contributed by atoms with E-state index < -0.39 is 0 Å². The number of piperidine rings is 1. The summed E-state index contributed by atoms with van der Waals surface area (Å²) in [4.78, 5) is 15.4. The number of rotatable bonds is 5. The minimum Gasteiger partial charge on any atom is -0.459 e. The highest BCUT2D eigenvalue weighted by atomic mass is 19.1. The second-order valence-electron chi connectivity index (χ2n) is 7.90. The summed E-state index contributed by atoms with van der Waals surface area (Å²) in [5, 5.41) is 12.6.